The van der Waals surface area contributed by atoms with Crippen molar-refractivity contribution in [1.29, 1.82) is 0 Å². The van der Waals surface area contributed by atoms with Gasteiger partial charge in [-0.1, -0.05) is 12.1 Å². The zero-order chi connectivity index (χ0) is 11.0. The highest BCUT2D eigenvalue weighted by molar-refractivity contribution is 5.60. The molecule has 0 radical (unpaired) electrons. The van der Waals surface area contributed by atoms with Crippen LogP contribution in [0.5, 0.6) is 5.75 Å². The first kappa shape index (κ1) is 9.42. The molecule has 1 aliphatic rings. The molecule has 4 nitrogen and oxygen atoms in total. The predicted molar refractivity (Wildman–Crippen MR) is 61.0 cm³/mol. The summed E-state index contributed by atoms with van der Waals surface area (Å²) in [7, 11) is 0. The number of imidazole rings is 1. The van der Waals surface area contributed by atoms with Crippen LogP contribution in [0.3, 0.4) is 0 Å². The van der Waals surface area contributed by atoms with E-state index in [-0.39, 0.29) is 5.75 Å². The molecule has 4 heteroatoms. The molecule has 1 aromatic heterocycles. The Bertz CT molecular complexity index is 495. The molecule has 0 atom stereocenters. The fourth-order valence-electron chi connectivity index (χ4n) is 1.99. The maximum absolute atomic E-state index is 9.43. The van der Waals surface area contributed by atoms with Crippen molar-refractivity contribution in [2.24, 2.45) is 0 Å². The zero-order valence-corrected chi connectivity index (χ0v) is 8.85. The Hall–Kier alpha value is -1.81. The van der Waals surface area contributed by atoms with Gasteiger partial charge in [-0.05, 0) is 12.1 Å². The van der Waals surface area contributed by atoms with Crippen LogP contribution in [0.4, 0.5) is 0 Å². The summed E-state index contributed by atoms with van der Waals surface area (Å²) in [5.74, 6) is 1.34. The van der Waals surface area contributed by atoms with Crippen molar-refractivity contribution in [1.82, 2.24) is 14.9 Å². The van der Waals surface area contributed by atoms with Crippen molar-refractivity contribution in [3.63, 3.8) is 0 Å². The Kier molecular flexibility index (Phi) is 2.15. The molecule has 0 bridgehead atoms. The third-order valence-corrected chi connectivity index (χ3v) is 2.81. The van der Waals surface area contributed by atoms with Crippen molar-refractivity contribution in [2.75, 3.05) is 6.54 Å². The highest BCUT2D eigenvalue weighted by atomic mass is 16.3. The summed E-state index contributed by atoms with van der Waals surface area (Å²) < 4.78 is 2.16. The lowest BCUT2D eigenvalue weighted by Gasteiger charge is -2.13. The third-order valence-electron chi connectivity index (χ3n) is 2.81. The number of phenols is 1. The standard InChI is InChI=1S/C12H13N3O/c16-10-3-1-2-9(6-10)11-8-15-5-4-13-7-12(15)14-11/h1-3,6,8,13,16H,4-5,7H2. The fourth-order valence-corrected chi connectivity index (χ4v) is 1.99. The van der Waals surface area contributed by atoms with Crippen LogP contribution < -0.4 is 5.32 Å². The van der Waals surface area contributed by atoms with Gasteiger partial charge in [0.2, 0.25) is 0 Å². The van der Waals surface area contributed by atoms with Gasteiger partial charge in [-0.2, -0.15) is 0 Å². The zero-order valence-electron chi connectivity index (χ0n) is 8.85. The Labute approximate surface area is 93.6 Å². The second kappa shape index (κ2) is 3.64. The molecule has 82 valence electrons. The van der Waals surface area contributed by atoms with Gasteiger partial charge in [0.15, 0.2) is 0 Å². The van der Waals surface area contributed by atoms with Crippen LogP contribution in [0, 0.1) is 0 Å². The van der Waals surface area contributed by atoms with Crippen LogP contribution in [0.2, 0.25) is 0 Å². The second-order valence-corrected chi connectivity index (χ2v) is 3.96. The molecule has 0 amide bonds. The van der Waals surface area contributed by atoms with E-state index in [4.69, 9.17) is 0 Å². The molecule has 1 aliphatic heterocycles. The minimum absolute atomic E-state index is 0.279. The number of nitrogens with zero attached hydrogens (tertiary/aromatic N) is 2. The maximum Gasteiger partial charge on any atom is 0.123 e. The molecule has 1 aromatic carbocycles. The Balaban J connectivity index is 2.03. The summed E-state index contributed by atoms with van der Waals surface area (Å²) >= 11 is 0. The monoisotopic (exact) mass is 215 g/mol. The molecular formula is C12H13N3O. The number of nitrogens with one attached hydrogen (secondary N) is 1. The molecule has 0 aliphatic carbocycles. The maximum atomic E-state index is 9.43. The van der Waals surface area contributed by atoms with Crippen molar-refractivity contribution in [2.45, 2.75) is 13.1 Å². The van der Waals surface area contributed by atoms with Gasteiger partial charge in [0.05, 0.1) is 12.2 Å². The number of hydrogen-bond acceptors (Lipinski definition) is 3. The van der Waals surface area contributed by atoms with Gasteiger partial charge in [-0.25, -0.2) is 4.98 Å². The second-order valence-electron chi connectivity index (χ2n) is 3.96. The van der Waals surface area contributed by atoms with Gasteiger partial charge in [0.25, 0.3) is 0 Å². The van der Waals surface area contributed by atoms with E-state index >= 15 is 0 Å². The highest BCUT2D eigenvalue weighted by Crippen LogP contribution is 2.23. The normalized spacial score (nSPS) is 14.8. The third kappa shape index (κ3) is 1.57. The fraction of sp³-hybridized carbons (Fsp3) is 0.250. The molecule has 0 saturated carbocycles. The summed E-state index contributed by atoms with van der Waals surface area (Å²) in [5, 5.41) is 12.7. The molecule has 0 spiro atoms. The molecule has 0 unspecified atom stereocenters. The lowest BCUT2D eigenvalue weighted by molar-refractivity contribution is 0.475. The summed E-state index contributed by atoms with van der Waals surface area (Å²) in [4.78, 5) is 4.55. The smallest absolute Gasteiger partial charge is 0.123 e. The number of hydrogen-bond donors (Lipinski definition) is 2. The SMILES string of the molecule is Oc1cccc(-c2cn3c(n2)CNCC3)c1. The summed E-state index contributed by atoms with van der Waals surface area (Å²) in [5.41, 5.74) is 1.89. The van der Waals surface area contributed by atoms with E-state index in [1.165, 1.54) is 0 Å². The van der Waals surface area contributed by atoms with E-state index in [0.29, 0.717) is 0 Å². The molecule has 0 fully saturated rings. The molecule has 16 heavy (non-hydrogen) atoms. The minimum atomic E-state index is 0.279. The molecule has 3 rings (SSSR count). The lowest BCUT2D eigenvalue weighted by Crippen LogP contribution is -2.27. The summed E-state index contributed by atoms with van der Waals surface area (Å²) in [6, 6.07) is 7.20. The molecule has 2 N–H and O–H groups in total. The predicted octanol–water partition coefficient (Wildman–Crippen LogP) is 1.36. The largest absolute Gasteiger partial charge is 0.508 e. The topological polar surface area (TPSA) is 50.1 Å². The van der Waals surface area contributed by atoms with Gasteiger partial charge in [-0.15, -0.1) is 0 Å². The highest BCUT2D eigenvalue weighted by Gasteiger charge is 2.12. The lowest BCUT2D eigenvalue weighted by atomic mass is 10.1. The van der Waals surface area contributed by atoms with Crippen LogP contribution >= 0.6 is 0 Å². The van der Waals surface area contributed by atoms with E-state index in [1.54, 1.807) is 12.1 Å². The Morgan fingerprint density at radius 2 is 2.31 bits per heavy atom. The van der Waals surface area contributed by atoms with Crippen molar-refractivity contribution in [3.8, 4) is 17.0 Å². The molecule has 0 saturated heterocycles. The van der Waals surface area contributed by atoms with E-state index in [1.807, 2.05) is 18.3 Å². The summed E-state index contributed by atoms with van der Waals surface area (Å²) in [6.45, 7) is 2.77. The average Bonchev–Trinajstić information content (AvgIpc) is 2.72. The number of fused-ring (bicyclic) bond motifs is 1. The first-order valence-electron chi connectivity index (χ1n) is 5.39. The number of phenolic OH excluding ortho intramolecular Hbond substituents is 1. The van der Waals surface area contributed by atoms with Gasteiger partial charge in [0.1, 0.15) is 11.6 Å². The average molecular weight is 215 g/mol. The van der Waals surface area contributed by atoms with Crippen LogP contribution in [-0.4, -0.2) is 21.2 Å². The quantitative estimate of drug-likeness (QED) is 0.755. The van der Waals surface area contributed by atoms with Crippen LogP contribution in [-0.2, 0) is 13.1 Å². The first-order valence-corrected chi connectivity index (χ1v) is 5.39. The molecule has 2 heterocycles. The minimum Gasteiger partial charge on any atom is -0.508 e. The number of rotatable bonds is 1. The van der Waals surface area contributed by atoms with Gasteiger partial charge in [0, 0.05) is 24.8 Å². The van der Waals surface area contributed by atoms with Gasteiger partial charge >= 0.3 is 0 Å². The van der Waals surface area contributed by atoms with E-state index < -0.39 is 0 Å². The Morgan fingerprint density at radius 3 is 3.12 bits per heavy atom. The van der Waals surface area contributed by atoms with Gasteiger partial charge in [-0.3, -0.25) is 0 Å². The Morgan fingerprint density at radius 1 is 1.38 bits per heavy atom. The van der Waals surface area contributed by atoms with Crippen molar-refractivity contribution >= 4 is 0 Å². The van der Waals surface area contributed by atoms with Crippen LogP contribution in [0.1, 0.15) is 5.82 Å². The van der Waals surface area contributed by atoms with E-state index in [2.05, 4.69) is 14.9 Å². The van der Waals surface area contributed by atoms with Crippen LogP contribution in [0.25, 0.3) is 11.3 Å². The van der Waals surface area contributed by atoms with E-state index in [0.717, 1.165) is 36.7 Å². The summed E-state index contributed by atoms with van der Waals surface area (Å²) in [6.07, 6.45) is 2.05. The van der Waals surface area contributed by atoms with Crippen molar-refractivity contribution < 1.29 is 5.11 Å². The number of benzene rings is 1. The van der Waals surface area contributed by atoms with Crippen molar-refractivity contribution in [3.05, 3.63) is 36.3 Å². The molecular weight excluding hydrogens is 202 g/mol. The van der Waals surface area contributed by atoms with Crippen LogP contribution in [0.15, 0.2) is 30.5 Å². The number of aromatic hydroxyl groups is 1. The number of aromatic nitrogens is 2. The molecule has 2 aromatic rings. The first-order chi connectivity index (χ1) is 7.83. The van der Waals surface area contributed by atoms with E-state index in [9.17, 15) is 5.11 Å². The van der Waals surface area contributed by atoms with Gasteiger partial charge < -0.3 is 15.0 Å².